The van der Waals surface area contributed by atoms with Crippen LogP contribution in [0.25, 0.3) is 0 Å². The van der Waals surface area contributed by atoms with Gasteiger partial charge in [-0.25, -0.2) is 0 Å². The molecule has 2 aromatic rings. The molecule has 1 heterocycles. The molecule has 3 rings (SSSR count). The van der Waals surface area contributed by atoms with E-state index in [1.165, 1.54) is 0 Å². The van der Waals surface area contributed by atoms with Crippen LogP contribution in [0.2, 0.25) is 15.1 Å². The lowest BCUT2D eigenvalue weighted by molar-refractivity contribution is 0.0487. The second kappa shape index (κ2) is 7.96. The molecule has 0 unspecified atom stereocenters. The second-order valence-electron chi connectivity index (χ2n) is 6.21. The van der Waals surface area contributed by atoms with Crippen LogP contribution in [0, 0.1) is 0 Å². The molecule has 132 valence electrons. The molecule has 1 saturated heterocycles. The van der Waals surface area contributed by atoms with E-state index in [1.54, 1.807) is 18.2 Å². The lowest BCUT2D eigenvalue weighted by Gasteiger charge is -2.38. The largest absolute Gasteiger partial charge is 0.381 e. The summed E-state index contributed by atoms with van der Waals surface area (Å²) in [6.07, 6.45) is 1.69. The van der Waals surface area contributed by atoms with Gasteiger partial charge in [-0.15, -0.1) is 0 Å². The lowest BCUT2D eigenvalue weighted by atomic mass is 9.74. The van der Waals surface area contributed by atoms with E-state index in [0.29, 0.717) is 40.4 Å². The maximum Gasteiger partial charge on any atom is 0.251 e. The Hall–Kier alpha value is -1.26. The molecule has 25 heavy (non-hydrogen) atoms. The first-order valence-corrected chi connectivity index (χ1v) is 9.21. The number of ether oxygens (including phenoxy) is 1. The van der Waals surface area contributed by atoms with Crippen LogP contribution in [-0.4, -0.2) is 25.7 Å². The van der Waals surface area contributed by atoms with Crippen LogP contribution in [0.4, 0.5) is 0 Å². The average Bonchev–Trinajstić information content (AvgIpc) is 2.63. The summed E-state index contributed by atoms with van der Waals surface area (Å²) in [7, 11) is 0. The quantitative estimate of drug-likeness (QED) is 0.776. The van der Waals surface area contributed by atoms with Gasteiger partial charge in [0.25, 0.3) is 5.91 Å². The van der Waals surface area contributed by atoms with Gasteiger partial charge < -0.3 is 10.1 Å². The highest BCUT2D eigenvalue weighted by atomic mass is 35.5. The highest BCUT2D eigenvalue weighted by Crippen LogP contribution is 2.35. The summed E-state index contributed by atoms with van der Waals surface area (Å²) in [6, 6.07) is 12.7. The smallest absolute Gasteiger partial charge is 0.251 e. The predicted molar refractivity (Wildman–Crippen MR) is 102 cm³/mol. The molecule has 1 aliphatic heterocycles. The van der Waals surface area contributed by atoms with Crippen molar-refractivity contribution in [3.05, 3.63) is 68.7 Å². The minimum absolute atomic E-state index is 0.158. The molecular weight excluding hydrogens is 381 g/mol. The van der Waals surface area contributed by atoms with E-state index in [1.807, 2.05) is 24.3 Å². The summed E-state index contributed by atoms with van der Waals surface area (Å²) in [5.41, 5.74) is 1.50. The van der Waals surface area contributed by atoms with Crippen molar-refractivity contribution in [3.63, 3.8) is 0 Å². The summed E-state index contributed by atoms with van der Waals surface area (Å²) in [5, 5.41) is 4.54. The number of carbonyl (C=O) groups is 1. The van der Waals surface area contributed by atoms with Gasteiger partial charge in [0, 0.05) is 35.8 Å². The van der Waals surface area contributed by atoms with Gasteiger partial charge in [0.1, 0.15) is 0 Å². The zero-order valence-electron chi connectivity index (χ0n) is 13.5. The van der Waals surface area contributed by atoms with Crippen molar-refractivity contribution in [2.24, 2.45) is 0 Å². The van der Waals surface area contributed by atoms with Crippen molar-refractivity contribution in [2.45, 2.75) is 18.3 Å². The van der Waals surface area contributed by atoms with Gasteiger partial charge in [-0.3, -0.25) is 4.79 Å². The topological polar surface area (TPSA) is 38.3 Å². The summed E-state index contributed by atoms with van der Waals surface area (Å²) in [4.78, 5) is 12.5. The van der Waals surface area contributed by atoms with Crippen LogP contribution >= 0.6 is 34.8 Å². The molecule has 0 saturated carbocycles. The molecule has 0 aliphatic carbocycles. The second-order valence-corrected chi connectivity index (χ2v) is 7.46. The zero-order valence-corrected chi connectivity index (χ0v) is 15.8. The standard InChI is InChI=1S/C19H18Cl3NO2/c20-15-4-2-14(3-5-15)19(7-9-25-10-8-19)12-23-18(24)13-1-6-16(21)17(22)11-13/h1-6,11H,7-10,12H2,(H,23,24). The van der Waals surface area contributed by atoms with E-state index in [9.17, 15) is 4.79 Å². The van der Waals surface area contributed by atoms with E-state index < -0.39 is 0 Å². The van der Waals surface area contributed by atoms with E-state index in [-0.39, 0.29) is 11.3 Å². The molecular formula is C19H18Cl3NO2. The first kappa shape index (κ1) is 18.5. The molecule has 0 aromatic heterocycles. The number of carbonyl (C=O) groups excluding carboxylic acids is 1. The number of amides is 1. The Morgan fingerprint density at radius 1 is 1.00 bits per heavy atom. The first-order valence-electron chi connectivity index (χ1n) is 8.07. The number of rotatable bonds is 4. The van der Waals surface area contributed by atoms with Crippen molar-refractivity contribution < 1.29 is 9.53 Å². The van der Waals surface area contributed by atoms with E-state index in [4.69, 9.17) is 39.5 Å². The molecule has 1 fully saturated rings. The van der Waals surface area contributed by atoms with Crippen LogP contribution in [0.3, 0.4) is 0 Å². The normalized spacial score (nSPS) is 16.4. The predicted octanol–water partition coefficient (Wildman–Crippen LogP) is 5.13. The van der Waals surface area contributed by atoms with Crippen LogP contribution in [-0.2, 0) is 10.2 Å². The van der Waals surface area contributed by atoms with Gasteiger partial charge in [0.15, 0.2) is 0 Å². The molecule has 0 atom stereocenters. The number of hydrogen-bond acceptors (Lipinski definition) is 2. The van der Waals surface area contributed by atoms with Crippen LogP contribution in [0.1, 0.15) is 28.8 Å². The Morgan fingerprint density at radius 3 is 2.32 bits per heavy atom. The third kappa shape index (κ3) is 4.29. The van der Waals surface area contributed by atoms with Gasteiger partial charge in [-0.1, -0.05) is 46.9 Å². The molecule has 0 spiro atoms. The van der Waals surface area contributed by atoms with Crippen molar-refractivity contribution in [1.29, 1.82) is 0 Å². The number of benzene rings is 2. The third-order valence-corrected chi connectivity index (χ3v) is 5.67. The van der Waals surface area contributed by atoms with Crippen LogP contribution < -0.4 is 5.32 Å². The summed E-state index contributed by atoms with van der Waals surface area (Å²) >= 11 is 17.9. The highest BCUT2D eigenvalue weighted by Gasteiger charge is 2.34. The lowest BCUT2D eigenvalue weighted by Crippen LogP contribution is -2.44. The Morgan fingerprint density at radius 2 is 1.68 bits per heavy atom. The average molecular weight is 399 g/mol. The number of nitrogens with one attached hydrogen (secondary N) is 1. The third-order valence-electron chi connectivity index (χ3n) is 4.68. The Kier molecular flexibility index (Phi) is 5.90. The van der Waals surface area contributed by atoms with E-state index in [0.717, 1.165) is 18.4 Å². The van der Waals surface area contributed by atoms with Crippen molar-refractivity contribution in [1.82, 2.24) is 5.32 Å². The summed E-state index contributed by atoms with van der Waals surface area (Å²) in [5.74, 6) is -0.168. The number of hydrogen-bond donors (Lipinski definition) is 1. The Labute approximate surface area is 162 Å². The molecule has 6 heteroatoms. The monoisotopic (exact) mass is 397 g/mol. The SMILES string of the molecule is O=C(NCC1(c2ccc(Cl)cc2)CCOCC1)c1ccc(Cl)c(Cl)c1. The fraction of sp³-hybridized carbons (Fsp3) is 0.316. The van der Waals surface area contributed by atoms with Crippen molar-refractivity contribution >= 4 is 40.7 Å². The zero-order chi connectivity index (χ0) is 17.9. The summed E-state index contributed by atoms with van der Waals surface area (Å²) < 4.78 is 5.52. The van der Waals surface area contributed by atoms with Crippen molar-refractivity contribution in [2.75, 3.05) is 19.8 Å². The minimum Gasteiger partial charge on any atom is -0.381 e. The van der Waals surface area contributed by atoms with Crippen LogP contribution in [0.15, 0.2) is 42.5 Å². The minimum atomic E-state index is -0.168. The summed E-state index contributed by atoms with van der Waals surface area (Å²) in [6.45, 7) is 1.87. The maximum absolute atomic E-state index is 12.5. The van der Waals surface area contributed by atoms with Gasteiger partial charge in [0.05, 0.1) is 10.0 Å². The number of halogens is 3. The van der Waals surface area contributed by atoms with Gasteiger partial charge in [0.2, 0.25) is 0 Å². The molecule has 1 amide bonds. The molecule has 0 bridgehead atoms. The van der Waals surface area contributed by atoms with Crippen LogP contribution in [0.5, 0.6) is 0 Å². The molecule has 3 nitrogen and oxygen atoms in total. The molecule has 0 radical (unpaired) electrons. The van der Waals surface area contributed by atoms with Gasteiger partial charge in [-0.05, 0) is 48.7 Å². The molecule has 2 aromatic carbocycles. The van der Waals surface area contributed by atoms with E-state index >= 15 is 0 Å². The Balaban J connectivity index is 1.77. The highest BCUT2D eigenvalue weighted by molar-refractivity contribution is 6.42. The fourth-order valence-electron chi connectivity index (χ4n) is 3.12. The Bertz CT molecular complexity index is 756. The van der Waals surface area contributed by atoms with Gasteiger partial charge >= 0.3 is 0 Å². The molecule has 1 aliphatic rings. The fourth-order valence-corrected chi connectivity index (χ4v) is 3.55. The van der Waals surface area contributed by atoms with Crippen molar-refractivity contribution in [3.8, 4) is 0 Å². The van der Waals surface area contributed by atoms with Gasteiger partial charge in [-0.2, -0.15) is 0 Å². The maximum atomic E-state index is 12.5. The van der Waals surface area contributed by atoms with E-state index in [2.05, 4.69) is 5.32 Å². The molecule has 1 N–H and O–H groups in total. The first-order chi connectivity index (χ1) is 12.0.